The first-order chi connectivity index (χ1) is 13.0. The molecule has 1 amide bonds. The van der Waals surface area contributed by atoms with Gasteiger partial charge in [-0.05, 0) is 35.4 Å². The van der Waals surface area contributed by atoms with E-state index < -0.39 is 24.5 Å². The minimum atomic E-state index is -1.26. The number of rotatable bonds is 8. The molecule has 27 heavy (non-hydrogen) atoms. The van der Waals surface area contributed by atoms with Crippen molar-refractivity contribution in [2.45, 2.75) is 19.6 Å². The molecule has 0 unspecified atom stereocenters. The summed E-state index contributed by atoms with van der Waals surface area (Å²) >= 11 is 0. The number of carbonyl (C=O) groups is 3. The predicted molar refractivity (Wildman–Crippen MR) is 94.3 cm³/mol. The summed E-state index contributed by atoms with van der Waals surface area (Å²) in [5.74, 6) is -1.10. The second kappa shape index (κ2) is 9.81. The Bertz CT molecular complexity index is 802. The van der Waals surface area contributed by atoms with Gasteiger partial charge in [0.25, 0.3) is 0 Å². The first kappa shape index (κ1) is 19.8. The molecule has 8 nitrogen and oxygen atoms in total. The van der Waals surface area contributed by atoms with Gasteiger partial charge in [0.1, 0.15) is 24.5 Å². The summed E-state index contributed by atoms with van der Waals surface area (Å²) in [7, 11) is 1.58. The van der Waals surface area contributed by atoms with Crippen molar-refractivity contribution in [2.75, 3.05) is 7.11 Å². The van der Waals surface area contributed by atoms with Crippen LogP contribution >= 0.6 is 0 Å². The SMILES string of the molecule is COc1ccc(CNC(=O)Oc2cccc(COC(=O)CC(=O)O)c2)cc1. The lowest BCUT2D eigenvalue weighted by molar-refractivity contribution is -0.152. The fourth-order valence-corrected chi connectivity index (χ4v) is 2.10. The van der Waals surface area contributed by atoms with E-state index in [0.29, 0.717) is 5.56 Å². The van der Waals surface area contributed by atoms with E-state index in [9.17, 15) is 14.4 Å². The van der Waals surface area contributed by atoms with Crippen LogP contribution in [-0.2, 0) is 27.5 Å². The highest BCUT2D eigenvalue weighted by Gasteiger charge is 2.10. The number of carboxylic acids is 1. The molecule has 0 bridgehead atoms. The maximum absolute atomic E-state index is 11.9. The molecule has 2 aromatic carbocycles. The number of esters is 1. The quantitative estimate of drug-likeness (QED) is 0.540. The van der Waals surface area contributed by atoms with Crippen LogP contribution in [0.2, 0.25) is 0 Å². The molecule has 142 valence electrons. The Kier molecular flexibility index (Phi) is 7.18. The Labute approximate surface area is 155 Å². The van der Waals surface area contributed by atoms with Gasteiger partial charge in [0, 0.05) is 6.54 Å². The van der Waals surface area contributed by atoms with Gasteiger partial charge in [0.05, 0.1) is 7.11 Å². The Balaban J connectivity index is 1.82. The van der Waals surface area contributed by atoms with Gasteiger partial charge in [0.2, 0.25) is 0 Å². The standard InChI is InChI=1S/C19H19NO7/c1-25-15-7-5-13(6-8-15)11-20-19(24)27-16-4-2-3-14(9-16)12-26-18(23)10-17(21)22/h2-9H,10-12H2,1H3,(H,20,24)(H,21,22). The van der Waals surface area contributed by atoms with Crippen molar-refractivity contribution in [3.63, 3.8) is 0 Å². The molecule has 0 saturated heterocycles. The third-order valence-corrected chi connectivity index (χ3v) is 3.40. The van der Waals surface area contributed by atoms with E-state index in [4.69, 9.17) is 19.3 Å². The Hall–Kier alpha value is -3.55. The van der Waals surface area contributed by atoms with Crippen LogP contribution in [0.25, 0.3) is 0 Å². The number of nitrogens with one attached hydrogen (secondary N) is 1. The van der Waals surface area contributed by atoms with Crippen molar-refractivity contribution in [1.82, 2.24) is 5.32 Å². The van der Waals surface area contributed by atoms with Crippen LogP contribution < -0.4 is 14.8 Å². The summed E-state index contributed by atoms with van der Waals surface area (Å²) in [4.78, 5) is 33.6. The van der Waals surface area contributed by atoms with Crippen molar-refractivity contribution in [2.24, 2.45) is 0 Å². The number of benzene rings is 2. The normalized spacial score (nSPS) is 9.96. The molecule has 0 aliphatic heterocycles. The molecular formula is C19H19NO7. The van der Waals surface area contributed by atoms with E-state index in [-0.39, 0.29) is 18.9 Å². The molecule has 0 atom stereocenters. The summed E-state index contributed by atoms with van der Waals surface area (Å²) in [6.45, 7) is 0.173. The lowest BCUT2D eigenvalue weighted by Crippen LogP contribution is -2.26. The van der Waals surface area contributed by atoms with Crippen molar-refractivity contribution in [3.8, 4) is 11.5 Å². The highest BCUT2D eigenvalue weighted by atomic mass is 16.6. The number of ether oxygens (including phenoxy) is 3. The number of amides is 1. The van der Waals surface area contributed by atoms with E-state index in [1.807, 2.05) is 12.1 Å². The second-order valence-corrected chi connectivity index (χ2v) is 5.47. The number of aliphatic carboxylic acids is 1. The molecule has 2 N–H and O–H groups in total. The van der Waals surface area contributed by atoms with E-state index in [1.54, 1.807) is 37.4 Å². The van der Waals surface area contributed by atoms with E-state index in [0.717, 1.165) is 11.3 Å². The summed E-state index contributed by atoms with van der Waals surface area (Å²) in [6, 6.07) is 13.6. The minimum absolute atomic E-state index is 0.114. The topological polar surface area (TPSA) is 111 Å². The Morgan fingerprint density at radius 2 is 1.74 bits per heavy atom. The molecule has 0 fully saturated rings. The number of methoxy groups -OCH3 is 1. The van der Waals surface area contributed by atoms with Crippen molar-refractivity contribution in [3.05, 3.63) is 59.7 Å². The van der Waals surface area contributed by atoms with Crippen LogP contribution in [-0.4, -0.2) is 30.2 Å². The molecule has 0 heterocycles. The second-order valence-electron chi connectivity index (χ2n) is 5.47. The molecule has 2 aromatic rings. The van der Waals surface area contributed by atoms with Gasteiger partial charge in [-0.15, -0.1) is 0 Å². The molecule has 0 aliphatic rings. The maximum Gasteiger partial charge on any atom is 0.412 e. The highest BCUT2D eigenvalue weighted by Crippen LogP contribution is 2.15. The summed E-state index contributed by atoms with van der Waals surface area (Å²) in [5, 5.41) is 11.1. The molecule has 0 aromatic heterocycles. The zero-order valence-electron chi connectivity index (χ0n) is 14.6. The molecule has 0 aliphatic carbocycles. The van der Waals surface area contributed by atoms with Gasteiger partial charge in [-0.3, -0.25) is 9.59 Å². The van der Waals surface area contributed by atoms with Gasteiger partial charge in [-0.25, -0.2) is 4.79 Å². The third-order valence-electron chi connectivity index (χ3n) is 3.40. The molecule has 0 radical (unpaired) electrons. The van der Waals surface area contributed by atoms with Crippen molar-refractivity contribution in [1.29, 1.82) is 0 Å². The van der Waals surface area contributed by atoms with Crippen molar-refractivity contribution >= 4 is 18.0 Å². The van der Waals surface area contributed by atoms with Crippen LogP contribution in [0.15, 0.2) is 48.5 Å². The molecule has 0 spiro atoms. The van der Waals surface area contributed by atoms with Gasteiger partial charge in [0.15, 0.2) is 0 Å². The lowest BCUT2D eigenvalue weighted by Gasteiger charge is -2.09. The summed E-state index contributed by atoms with van der Waals surface area (Å²) in [6.07, 6.45) is -1.34. The molecule has 2 rings (SSSR count). The Morgan fingerprint density at radius 3 is 2.41 bits per heavy atom. The van der Waals surface area contributed by atoms with Crippen molar-refractivity contribution < 1.29 is 33.7 Å². The fraction of sp³-hybridized carbons (Fsp3) is 0.211. The zero-order valence-corrected chi connectivity index (χ0v) is 14.6. The van der Waals surface area contributed by atoms with Gasteiger partial charge in [-0.2, -0.15) is 0 Å². The number of hydrogen-bond acceptors (Lipinski definition) is 6. The van der Waals surface area contributed by atoms with Crippen LogP contribution in [0.5, 0.6) is 11.5 Å². The van der Waals surface area contributed by atoms with Crippen LogP contribution in [0, 0.1) is 0 Å². The fourth-order valence-electron chi connectivity index (χ4n) is 2.10. The minimum Gasteiger partial charge on any atom is -0.497 e. The zero-order chi connectivity index (χ0) is 19.6. The van der Waals surface area contributed by atoms with Crippen LogP contribution in [0.1, 0.15) is 17.5 Å². The first-order valence-electron chi connectivity index (χ1n) is 8.01. The molecule has 0 saturated carbocycles. The van der Waals surface area contributed by atoms with E-state index >= 15 is 0 Å². The van der Waals surface area contributed by atoms with E-state index in [1.165, 1.54) is 6.07 Å². The number of carbonyl (C=O) groups excluding carboxylic acids is 2. The number of hydrogen-bond donors (Lipinski definition) is 2. The monoisotopic (exact) mass is 373 g/mol. The molecule has 8 heteroatoms. The Morgan fingerprint density at radius 1 is 1.00 bits per heavy atom. The largest absolute Gasteiger partial charge is 0.497 e. The predicted octanol–water partition coefficient (Wildman–Crippen LogP) is 2.50. The smallest absolute Gasteiger partial charge is 0.412 e. The lowest BCUT2D eigenvalue weighted by atomic mass is 10.2. The third kappa shape index (κ3) is 7.07. The average Bonchev–Trinajstić information content (AvgIpc) is 2.65. The van der Waals surface area contributed by atoms with Crippen LogP contribution in [0.3, 0.4) is 0 Å². The van der Waals surface area contributed by atoms with Gasteiger partial charge >= 0.3 is 18.0 Å². The average molecular weight is 373 g/mol. The summed E-state index contributed by atoms with van der Waals surface area (Å²) < 4.78 is 15.1. The van der Waals surface area contributed by atoms with Gasteiger partial charge < -0.3 is 24.6 Å². The highest BCUT2D eigenvalue weighted by molar-refractivity contribution is 5.90. The molecular weight excluding hydrogens is 354 g/mol. The van der Waals surface area contributed by atoms with E-state index in [2.05, 4.69) is 5.32 Å². The number of carboxylic acid groups (broad SMARTS) is 1. The maximum atomic E-state index is 11.9. The van der Waals surface area contributed by atoms with Crippen LogP contribution in [0.4, 0.5) is 4.79 Å². The summed E-state index contributed by atoms with van der Waals surface area (Å²) in [5.41, 5.74) is 1.45. The first-order valence-corrected chi connectivity index (χ1v) is 8.01. The van der Waals surface area contributed by atoms with Gasteiger partial charge in [-0.1, -0.05) is 24.3 Å².